The molecular weight excluding hydrogens is 490 g/mol. The second kappa shape index (κ2) is 10.8. The number of benzene rings is 3. The summed E-state index contributed by atoms with van der Waals surface area (Å²) in [5.74, 6) is -0.581. The van der Waals surface area contributed by atoms with Crippen LogP contribution in [0.4, 0.5) is 20.2 Å². The monoisotopic (exact) mass is 520 g/mol. The molecule has 0 saturated carbocycles. The Morgan fingerprint density at radius 1 is 0.868 bits per heavy atom. The average molecular weight is 521 g/mol. The number of hydrogen-bond donors (Lipinski definition) is 2. The van der Waals surface area contributed by atoms with Gasteiger partial charge in [0.05, 0.1) is 13.2 Å². The topological polar surface area (TPSA) is 76.7 Å². The van der Waals surface area contributed by atoms with Crippen molar-refractivity contribution in [2.24, 2.45) is 0 Å². The van der Waals surface area contributed by atoms with Crippen LogP contribution in [-0.4, -0.2) is 12.7 Å². The third-order valence-electron chi connectivity index (χ3n) is 6.06. The Hall–Kier alpha value is -4.04. The number of anilines is 2. The van der Waals surface area contributed by atoms with Gasteiger partial charge in [-0.1, -0.05) is 30.3 Å². The molecule has 0 saturated heterocycles. The summed E-state index contributed by atoms with van der Waals surface area (Å²) >= 11 is 0. The Bertz CT molecular complexity index is 1500. The van der Waals surface area contributed by atoms with E-state index in [1.807, 2.05) is 42.5 Å². The highest BCUT2D eigenvalue weighted by Crippen LogP contribution is 2.32. The highest BCUT2D eigenvalue weighted by molar-refractivity contribution is 5.70. The average Bonchev–Trinajstić information content (AvgIpc) is 2.88. The first-order valence-electron chi connectivity index (χ1n) is 12.2. The Kier molecular flexibility index (Phi) is 7.64. The maximum Gasteiger partial charge on any atom is 0.272 e. The van der Waals surface area contributed by atoms with Crippen molar-refractivity contribution in [2.45, 2.75) is 45.4 Å². The lowest BCUT2D eigenvalue weighted by molar-refractivity contribution is 0.128. The molecule has 0 heterocycles. The van der Waals surface area contributed by atoms with E-state index in [1.165, 1.54) is 12.1 Å². The minimum atomic E-state index is -0.661. The first kappa shape index (κ1) is 27.0. The van der Waals surface area contributed by atoms with Crippen LogP contribution in [0.25, 0.3) is 0 Å². The van der Waals surface area contributed by atoms with Crippen molar-refractivity contribution >= 4 is 11.4 Å². The van der Waals surface area contributed by atoms with Gasteiger partial charge in [0.1, 0.15) is 28.7 Å². The lowest BCUT2D eigenvalue weighted by Crippen LogP contribution is -2.39. The molecule has 2 N–H and O–H groups in total. The molecular formula is C30H30F2N2O4. The van der Waals surface area contributed by atoms with Crippen molar-refractivity contribution in [2.75, 3.05) is 12.4 Å². The largest absolute Gasteiger partial charge is 0.497 e. The normalized spacial score (nSPS) is 13.2. The number of hydrogen-bond acceptors (Lipinski definition) is 6. The predicted octanol–water partition coefficient (Wildman–Crippen LogP) is 5.93. The zero-order chi connectivity index (χ0) is 27.6. The number of nitrogens with one attached hydrogen (secondary N) is 2. The minimum absolute atomic E-state index is 0.0122. The SMILES string of the molecule is COc1ccc(C(NC(C)c2ccc(F)cc2F)c2cccc(Nc3c(OC(C)(C)C)c(=O)c3=O)c2)cc1. The smallest absolute Gasteiger partial charge is 0.272 e. The van der Waals surface area contributed by atoms with Gasteiger partial charge in [0.25, 0.3) is 10.9 Å². The summed E-state index contributed by atoms with van der Waals surface area (Å²) in [6.07, 6.45) is 0. The van der Waals surface area contributed by atoms with Crippen LogP contribution in [0, 0.1) is 11.6 Å². The van der Waals surface area contributed by atoms with Gasteiger partial charge in [-0.15, -0.1) is 0 Å². The van der Waals surface area contributed by atoms with Crippen molar-refractivity contribution < 1.29 is 18.3 Å². The molecule has 0 radical (unpaired) electrons. The number of halogens is 2. The van der Waals surface area contributed by atoms with Crippen molar-refractivity contribution in [1.82, 2.24) is 5.32 Å². The van der Waals surface area contributed by atoms with Gasteiger partial charge in [0.2, 0.25) is 0 Å². The van der Waals surface area contributed by atoms with Gasteiger partial charge in [-0.2, -0.15) is 0 Å². The molecule has 0 aromatic heterocycles. The second-order valence-corrected chi connectivity index (χ2v) is 10.1. The van der Waals surface area contributed by atoms with Crippen LogP contribution < -0.4 is 31.0 Å². The molecule has 0 fully saturated rings. The van der Waals surface area contributed by atoms with E-state index >= 15 is 0 Å². The van der Waals surface area contributed by atoms with Gasteiger partial charge in [-0.3, -0.25) is 14.9 Å². The Labute approximate surface area is 219 Å². The lowest BCUT2D eigenvalue weighted by atomic mass is 9.96. The van der Waals surface area contributed by atoms with E-state index in [4.69, 9.17) is 9.47 Å². The Morgan fingerprint density at radius 2 is 1.58 bits per heavy atom. The molecule has 0 aliphatic carbocycles. The van der Waals surface area contributed by atoms with Crippen LogP contribution in [0.5, 0.6) is 11.5 Å². The third kappa shape index (κ3) is 5.92. The summed E-state index contributed by atoms with van der Waals surface area (Å²) in [6.45, 7) is 7.19. The molecule has 4 rings (SSSR count). The standard InChI is InChI=1S/C30H30F2N2O4/c1-17(23-14-11-20(31)16-24(23)32)33-25(18-9-12-22(37-5)13-10-18)19-7-6-8-21(15-19)34-26-27(35)28(36)29(26)38-30(2,3)4/h6-17,25,33-34H,1-5H3. The molecule has 2 atom stereocenters. The van der Waals surface area contributed by atoms with E-state index < -0.39 is 40.2 Å². The highest BCUT2D eigenvalue weighted by atomic mass is 19.1. The third-order valence-corrected chi connectivity index (χ3v) is 6.06. The van der Waals surface area contributed by atoms with Crippen molar-refractivity contribution in [3.63, 3.8) is 0 Å². The van der Waals surface area contributed by atoms with Crippen LogP contribution in [0.2, 0.25) is 0 Å². The van der Waals surface area contributed by atoms with Gasteiger partial charge in [-0.05, 0) is 69.2 Å². The summed E-state index contributed by atoms with van der Waals surface area (Å²) in [5.41, 5.74) is 0.760. The molecule has 0 aliphatic heterocycles. The van der Waals surface area contributed by atoms with Crippen LogP contribution >= 0.6 is 0 Å². The van der Waals surface area contributed by atoms with Crippen molar-refractivity contribution in [1.29, 1.82) is 0 Å². The van der Waals surface area contributed by atoms with Crippen molar-refractivity contribution in [3.05, 3.63) is 116 Å². The van der Waals surface area contributed by atoms with Gasteiger partial charge >= 0.3 is 0 Å². The van der Waals surface area contributed by atoms with Crippen LogP contribution in [-0.2, 0) is 0 Å². The van der Waals surface area contributed by atoms with E-state index in [0.717, 1.165) is 17.2 Å². The summed E-state index contributed by atoms with van der Waals surface area (Å²) in [4.78, 5) is 24.4. The predicted molar refractivity (Wildman–Crippen MR) is 144 cm³/mol. The van der Waals surface area contributed by atoms with Gasteiger partial charge < -0.3 is 14.8 Å². The fourth-order valence-electron chi connectivity index (χ4n) is 4.20. The van der Waals surface area contributed by atoms with E-state index in [-0.39, 0.29) is 11.4 Å². The summed E-state index contributed by atoms with van der Waals surface area (Å²) in [6, 6.07) is 17.4. The second-order valence-electron chi connectivity index (χ2n) is 10.1. The number of ether oxygens (including phenoxy) is 2. The Morgan fingerprint density at radius 3 is 2.21 bits per heavy atom. The van der Waals surface area contributed by atoms with Crippen LogP contribution in [0.3, 0.4) is 0 Å². The summed E-state index contributed by atoms with van der Waals surface area (Å²) < 4.78 is 39.0. The molecule has 4 aromatic rings. The van der Waals surface area contributed by atoms with E-state index in [9.17, 15) is 18.4 Å². The van der Waals surface area contributed by atoms with Crippen LogP contribution in [0.1, 0.15) is 56.5 Å². The molecule has 0 amide bonds. The molecule has 198 valence electrons. The molecule has 0 bridgehead atoms. The molecule has 2 unspecified atom stereocenters. The van der Waals surface area contributed by atoms with Gasteiger partial charge in [0.15, 0.2) is 5.75 Å². The fraction of sp³-hybridized carbons (Fsp3) is 0.267. The number of rotatable bonds is 9. The van der Waals surface area contributed by atoms with E-state index in [0.29, 0.717) is 17.0 Å². The maximum atomic E-state index is 14.5. The zero-order valence-corrected chi connectivity index (χ0v) is 21.9. The molecule has 8 heteroatoms. The van der Waals surface area contributed by atoms with E-state index in [2.05, 4.69) is 10.6 Å². The molecule has 6 nitrogen and oxygen atoms in total. The Balaban J connectivity index is 1.68. The first-order chi connectivity index (χ1) is 18.0. The van der Waals surface area contributed by atoms with Crippen LogP contribution in [0.15, 0.2) is 76.3 Å². The van der Waals surface area contributed by atoms with Gasteiger partial charge in [0, 0.05) is 23.4 Å². The fourth-order valence-corrected chi connectivity index (χ4v) is 4.20. The minimum Gasteiger partial charge on any atom is -0.497 e. The van der Waals surface area contributed by atoms with Gasteiger partial charge in [-0.25, -0.2) is 8.78 Å². The summed E-state index contributed by atoms with van der Waals surface area (Å²) in [7, 11) is 1.58. The number of methoxy groups -OCH3 is 1. The molecule has 0 spiro atoms. The highest BCUT2D eigenvalue weighted by Gasteiger charge is 2.27. The zero-order valence-electron chi connectivity index (χ0n) is 21.9. The molecule has 0 aliphatic rings. The first-order valence-corrected chi connectivity index (χ1v) is 12.2. The quantitative estimate of drug-likeness (QED) is 0.267. The molecule has 4 aromatic carbocycles. The lowest BCUT2D eigenvalue weighted by Gasteiger charge is -2.26. The maximum absolute atomic E-state index is 14.5. The van der Waals surface area contributed by atoms with E-state index in [1.54, 1.807) is 40.9 Å². The summed E-state index contributed by atoms with van der Waals surface area (Å²) in [5, 5.41) is 6.47. The molecule has 38 heavy (non-hydrogen) atoms. The van der Waals surface area contributed by atoms with Crippen molar-refractivity contribution in [3.8, 4) is 11.5 Å².